The topological polar surface area (TPSA) is 204 Å². The van der Waals surface area contributed by atoms with Crippen LogP contribution in [-0.4, -0.2) is 72.9 Å². The van der Waals surface area contributed by atoms with E-state index >= 15 is 0 Å². The number of quaternary nitrogens is 1. The minimum Gasteiger partial charge on any atom is -0.549 e. The van der Waals surface area contributed by atoms with Crippen LogP contribution in [0.5, 0.6) is 0 Å². The molecule has 0 saturated heterocycles. The van der Waals surface area contributed by atoms with Gasteiger partial charge in [-0.2, -0.15) is 0 Å². The fraction of sp³-hybridized carbons (Fsp3) is 0.600. The number of hydrogen-bond acceptors (Lipinski definition) is 10. The van der Waals surface area contributed by atoms with Crippen LogP contribution in [-0.2, 0) is 36.2 Å². The van der Waals surface area contributed by atoms with Crippen molar-refractivity contribution in [3.05, 3.63) is 0 Å². The first kappa shape index (κ1) is 25.2. The normalized spacial score (nSPS) is 9.73. The van der Waals surface area contributed by atoms with Crippen LogP contribution in [0.1, 0.15) is 0 Å². The third-order valence-electron chi connectivity index (χ3n) is 2.14. The van der Waals surface area contributed by atoms with E-state index in [1.54, 1.807) is 0 Å². The molecule has 0 bridgehead atoms. The molecule has 0 aromatic rings. The molecule has 12 heteroatoms. The molecule has 0 aliphatic heterocycles. The summed E-state index contributed by atoms with van der Waals surface area (Å²) < 4.78 is 0. The van der Waals surface area contributed by atoms with Gasteiger partial charge >= 0.3 is 17.1 Å². The molecule has 127 valence electrons. The van der Waals surface area contributed by atoms with Gasteiger partial charge in [0.05, 0.1) is 23.9 Å². The number of rotatable bonds is 11. The molecule has 0 fully saturated rings. The van der Waals surface area contributed by atoms with E-state index in [9.17, 15) is 39.6 Å². The van der Waals surface area contributed by atoms with Crippen LogP contribution < -0.4 is 26.6 Å². The summed E-state index contributed by atoms with van der Waals surface area (Å²) in [6.45, 7) is -3.25. The van der Waals surface area contributed by atoms with E-state index in [-0.39, 0.29) is 36.3 Å². The Balaban J connectivity index is -0.00000180. The average molecular weight is 362 g/mol. The second-order valence-electron chi connectivity index (χ2n) is 3.91. The Kier molecular flexibility index (Phi) is 14.9. The van der Waals surface area contributed by atoms with E-state index in [1.165, 1.54) is 0 Å². The van der Waals surface area contributed by atoms with Crippen molar-refractivity contribution in [1.82, 2.24) is 16.0 Å². The molecular formula is C10H16FeN3O8. The number of hydrogen-bond donors (Lipinski definition) is 1. The number of carboxylic acid groups (broad SMARTS) is 4. The van der Waals surface area contributed by atoms with E-state index in [0.717, 1.165) is 9.80 Å². The zero-order chi connectivity index (χ0) is 15.7. The minimum atomic E-state index is -1.53. The number of carbonyl (C=O) groups is 4. The summed E-state index contributed by atoms with van der Waals surface area (Å²) in [5, 5.41) is 41.6. The van der Waals surface area contributed by atoms with Gasteiger partial charge in [0.15, 0.2) is 0 Å². The van der Waals surface area contributed by atoms with Gasteiger partial charge < -0.3 is 45.8 Å². The number of carboxylic acids is 4. The molecular weight excluding hydrogens is 346 g/mol. The zero-order valence-electron chi connectivity index (χ0n) is 11.8. The van der Waals surface area contributed by atoms with Gasteiger partial charge in [-0.25, -0.2) is 0 Å². The molecule has 0 atom stereocenters. The fourth-order valence-electron chi connectivity index (χ4n) is 1.44. The second kappa shape index (κ2) is 13.0. The van der Waals surface area contributed by atoms with Gasteiger partial charge in [0, 0.05) is 39.3 Å². The van der Waals surface area contributed by atoms with Crippen molar-refractivity contribution in [2.24, 2.45) is 0 Å². The Morgan fingerprint density at radius 2 is 0.773 bits per heavy atom. The van der Waals surface area contributed by atoms with Gasteiger partial charge in [-0.05, 0) is 0 Å². The van der Waals surface area contributed by atoms with Gasteiger partial charge in [0.2, 0.25) is 0 Å². The first-order chi connectivity index (χ1) is 9.20. The van der Waals surface area contributed by atoms with Gasteiger partial charge in [-0.1, -0.05) is 0 Å². The molecule has 0 saturated carbocycles. The molecule has 0 amide bonds. The third-order valence-corrected chi connectivity index (χ3v) is 2.14. The van der Waals surface area contributed by atoms with Crippen molar-refractivity contribution in [1.29, 1.82) is 0 Å². The quantitative estimate of drug-likeness (QED) is 0.344. The van der Waals surface area contributed by atoms with Crippen molar-refractivity contribution < 1.29 is 56.7 Å². The number of aliphatic carboxylic acids is 4. The Labute approximate surface area is 136 Å². The van der Waals surface area contributed by atoms with Crippen LogP contribution in [0, 0.1) is 0 Å². The molecule has 0 spiro atoms. The van der Waals surface area contributed by atoms with Crippen molar-refractivity contribution in [2.75, 3.05) is 39.3 Å². The van der Waals surface area contributed by atoms with Crippen LogP contribution in [0.2, 0.25) is 0 Å². The Morgan fingerprint density at radius 1 is 0.591 bits per heavy atom. The van der Waals surface area contributed by atoms with Crippen molar-refractivity contribution >= 4 is 23.9 Å². The van der Waals surface area contributed by atoms with Crippen molar-refractivity contribution in [3.8, 4) is 0 Å². The monoisotopic (exact) mass is 362 g/mol. The summed E-state index contributed by atoms with van der Waals surface area (Å²) in [5.41, 5.74) is 0. The summed E-state index contributed by atoms with van der Waals surface area (Å²) in [6, 6.07) is 0. The van der Waals surface area contributed by atoms with Crippen LogP contribution in [0.3, 0.4) is 0 Å². The summed E-state index contributed by atoms with van der Waals surface area (Å²) in [7, 11) is 0. The Morgan fingerprint density at radius 3 is 0.909 bits per heavy atom. The molecule has 22 heavy (non-hydrogen) atoms. The molecule has 0 rings (SSSR count). The first-order valence-electron chi connectivity index (χ1n) is 5.44. The largest absolute Gasteiger partial charge is 3.00 e. The number of nitrogens with zero attached hydrogens (tertiary/aromatic N) is 2. The number of carbonyl (C=O) groups excluding carboxylic acids is 4. The molecule has 0 aliphatic carbocycles. The summed E-state index contributed by atoms with van der Waals surface area (Å²) >= 11 is 0. The second-order valence-corrected chi connectivity index (χ2v) is 3.91. The van der Waals surface area contributed by atoms with Gasteiger partial charge in [-0.15, -0.1) is 0 Å². The molecule has 0 aromatic heterocycles. The van der Waals surface area contributed by atoms with Crippen LogP contribution in [0.25, 0.3) is 0 Å². The van der Waals surface area contributed by atoms with Crippen LogP contribution >= 0.6 is 0 Å². The zero-order valence-corrected chi connectivity index (χ0v) is 12.9. The molecule has 0 heterocycles. The summed E-state index contributed by atoms with van der Waals surface area (Å²) in [4.78, 5) is 43.4. The van der Waals surface area contributed by atoms with E-state index in [2.05, 4.69) is 0 Å². The molecule has 11 nitrogen and oxygen atoms in total. The molecule has 4 N–H and O–H groups in total. The average Bonchev–Trinajstić information content (AvgIpc) is 2.22. The van der Waals surface area contributed by atoms with Gasteiger partial charge in [0.1, 0.15) is 0 Å². The Hall–Kier alpha value is -1.72. The van der Waals surface area contributed by atoms with Gasteiger partial charge in [0.25, 0.3) is 0 Å². The van der Waals surface area contributed by atoms with E-state index in [0.29, 0.717) is 0 Å². The predicted octanol–water partition coefficient (Wildman–Crippen LogP) is -7.04. The Bertz CT molecular complexity index is 324. The smallest absolute Gasteiger partial charge is 0.549 e. The van der Waals surface area contributed by atoms with E-state index < -0.39 is 50.1 Å². The minimum absolute atomic E-state index is 0. The van der Waals surface area contributed by atoms with Crippen molar-refractivity contribution in [2.45, 2.75) is 0 Å². The first-order valence-corrected chi connectivity index (χ1v) is 5.44. The maximum Gasteiger partial charge on any atom is 3.00 e. The molecule has 0 unspecified atom stereocenters. The van der Waals surface area contributed by atoms with Crippen LogP contribution in [0.4, 0.5) is 0 Å². The van der Waals surface area contributed by atoms with Crippen molar-refractivity contribution in [3.63, 3.8) is 0 Å². The molecule has 0 aliphatic rings. The van der Waals surface area contributed by atoms with E-state index in [1.807, 2.05) is 0 Å². The van der Waals surface area contributed by atoms with Gasteiger partial charge in [-0.3, -0.25) is 9.80 Å². The third kappa shape index (κ3) is 14.7. The van der Waals surface area contributed by atoms with E-state index in [4.69, 9.17) is 0 Å². The predicted molar refractivity (Wildman–Crippen MR) is 58.9 cm³/mol. The molecule has 0 aromatic carbocycles. The summed E-state index contributed by atoms with van der Waals surface area (Å²) in [6.07, 6.45) is 0. The fourth-order valence-corrected chi connectivity index (χ4v) is 1.44. The van der Waals surface area contributed by atoms with Crippen LogP contribution in [0.15, 0.2) is 0 Å². The molecule has 1 radical (unpaired) electrons. The SMILES string of the molecule is O=C([O-])CN(CCN(CC(=O)[O-])CC(=O)[O-])CC(=O)[O-].[Fe+3].[NH4+]. The summed E-state index contributed by atoms with van der Waals surface area (Å²) in [5.74, 6) is -6.12. The maximum atomic E-state index is 10.4. The maximum absolute atomic E-state index is 10.4. The standard InChI is InChI=1S/C10H16N2O8.Fe.H3N/c13-7(14)3-11(4-8(15)16)1-2-12(5-9(17)18)6-10(19)20;;/h1-6H2,(H,13,14)(H,15,16)(H,17,18)(H,19,20);;1H3/q;+3;/p-3.